The molecule has 0 saturated heterocycles. The van der Waals surface area contributed by atoms with Crippen molar-refractivity contribution in [3.63, 3.8) is 0 Å². The number of nitrogens with zero attached hydrogens (tertiary/aromatic N) is 2. The molecule has 1 aromatic heterocycles. The first-order valence-corrected chi connectivity index (χ1v) is 7.63. The molecule has 0 unspecified atom stereocenters. The average molecular weight is 337 g/mol. The van der Waals surface area contributed by atoms with E-state index in [-0.39, 0.29) is 0 Å². The summed E-state index contributed by atoms with van der Waals surface area (Å²) in [6.45, 7) is 0. The first-order valence-electron chi connectivity index (χ1n) is 6.10. The lowest BCUT2D eigenvalue weighted by molar-refractivity contribution is 0.415. The van der Waals surface area contributed by atoms with Crippen LogP contribution in [0.2, 0.25) is 10.0 Å². The van der Waals surface area contributed by atoms with Crippen LogP contribution in [0.5, 0.6) is 5.75 Å². The van der Waals surface area contributed by atoms with E-state index >= 15 is 0 Å². The van der Waals surface area contributed by atoms with Gasteiger partial charge in [0.1, 0.15) is 16.3 Å². The largest absolute Gasteiger partial charge is 0.497 e. The summed E-state index contributed by atoms with van der Waals surface area (Å²) in [6, 6.07) is 11.2. The molecule has 0 spiro atoms. The zero-order chi connectivity index (χ0) is 14.8. The molecule has 0 bridgehead atoms. The third-order valence-electron chi connectivity index (χ3n) is 2.93. The molecule has 0 aliphatic rings. The highest BCUT2D eigenvalue weighted by atomic mass is 35.5. The van der Waals surface area contributed by atoms with Crippen LogP contribution in [0.15, 0.2) is 41.4 Å². The Labute approximate surface area is 136 Å². The number of halogens is 2. The van der Waals surface area contributed by atoms with Gasteiger partial charge in [-0.05, 0) is 53.5 Å². The van der Waals surface area contributed by atoms with Crippen molar-refractivity contribution in [2.75, 3.05) is 7.11 Å². The minimum atomic E-state index is 0.541. The smallest absolute Gasteiger partial charge is 0.144 e. The van der Waals surface area contributed by atoms with E-state index in [1.165, 1.54) is 11.5 Å². The summed E-state index contributed by atoms with van der Waals surface area (Å²) >= 11 is 13.4. The van der Waals surface area contributed by atoms with Gasteiger partial charge in [0, 0.05) is 16.6 Å². The maximum Gasteiger partial charge on any atom is 0.144 e. The molecule has 0 N–H and O–H groups in total. The van der Waals surface area contributed by atoms with Crippen molar-refractivity contribution in [2.24, 2.45) is 4.99 Å². The van der Waals surface area contributed by atoms with Gasteiger partial charge in [0.05, 0.1) is 12.1 Å². The van der Waals surface area contributed by atoms with Gasteiger partial charge < -0.3 is 4.74 Å². The molecule has 0 saturated carbocycles. The molecule has 0 aliphatic heterocycles. The highest BCUT2D eigenvalue weighted by Gasteiger charge is 2.09. The Balaban J connectivity index is 1.95. The summed E-state index contributed by atoms with van der Waals surface area (Å²) in [5.41, 5.74) is 1.71. The van der Waals surface area contributed by atoms with Crippen molar-refractivity contribution in [1.82, 2.24) is 4.37 Å². The van der Waals surface area contributed by atoms with Gasteiger partial charge in [-0.3, -0.25) is 0 Å². The fourth-order valence-electron chi connectivity index (χ4n) is 1.88. The predicted octanol–water partition coefficient (Wildman–Crippen LogP) is 5.36. The molecule has 0 atom stereocenters. The molecule has 3 rings (SSSR count). The second-order valence-corrected chi connectivity index (χ2v) is 5.90. The molecule has 3 nitrogen and oxygen atoms in total. The van der Waals surface area contributed by atoms with Gasteiger partial charge in [-0.1, -0.05) is 23.2 Å². The average Bonchev–Trinajstić information content (AvgIpc) is 2.89. The Kier molecular flexibility index (Phi) is 4.10. The van der Waals surface area contributed by atoms with E-state index in [9.17, 15) is 0 Å². The van der Waals surface area contributed by atoms with Crippen LogP contribution < -0.4 is 4.74 Å². The van der Waals surface area contributed by atoms with Crippen LogP contribution in [0.3, 0.4) is 0 Å². The molecule has 0 amide bonds. The molecule has 3 aromatic rings. The summed E-state index contributed by atoms with van der Waals surface area (Å²) < 4.78 is 9.44. The van der Waals surface area contributed by atoms with Crippen LogP contribution in [0, 0.1) is 0 Å². The lowest BCUT2D eigenvalue weighted by Crippen LogP contribution is -1.84. The van der Waals surface area contributed by atoms with Crippen LogP contribution in [0.4, 0.5) is 5.00 Å². The van der Waals surface area contributed by atoms with E-state index in [0.717, 1.165) is 27.2 Å². The zero-order valence-electron chi connectivity index (χ0n) is 11.0. The van der Waals surface area contributed by atoms with E-state index in [2.05, 4.69) is 9.37 Å². The second kappa shape index (κ2) is 6.02. The number of ether oxygens (including phenoxy) is 1. The summed E-state index contributed by atoms with van der Waals surface area (Å²) in [6.07, 6.45) is 1.78. The van der Waals surface area contributed by atoms with Crippen LogP contribution >= 0.6 is 34.7 Å². The van der Waals surface area contributed by atoms with Crippen molar-refractivity contribution in [1.29, 1.82) is 0 Å². The fraction of sp³-hybridized carbons (Fsp3) is 0.0667. The Morgan fingerprint density at radius 1 is 1.19 bits per heavy atom. The van der Waals surface area contributed by atoms with Gasteiger partial charge in [-0.15, -0.1) is 0 Å². The molecule has 106 valence electrons. The van der Waals surface area contributed by atoms with Gasteiger partial charge in [-0.2, -0.15) is 4.37 Å². The summed E-state index contributed by atoms with van der Waals surface area (Å²) in [4.78, 5) is 4.48. The first-order chi connectivity index (χ1) is 10.2. The molecule has 0 fully saturated rings. The van der Waals surface area contributed by atoms with E-state index in [4.69, 9.17) is 27.9 Å². The highest BCUT2D eigenvalue weighted by molar-refractivity contribution is 7.11. The van der Waals surface area contributed by atoms with Crippen molar-refractivity contribution in [3.8, 4) is 5.75 Å². The van der Waals surface area contributed by atoms with E-state index in [0.29, 0.717) is 10.0 Å². The van der Waals surface area contributed by atoms with Crippen LogP contribution in [0.1, 0.15) is 5.56 Å². The first kappa shape index (κ1) is 14.3. The SMILES string of the molecule is COc1ccc(/C=N/c2snc3c(Cl)cc(Cl)cc23)cc1. The normalized spacial score (nSPS) is 11.4. The Hall–Kier alpha value is -1.62. The van der Waals surface area contributed by atoms with Crippen LogP contribution in [-0.2, 0) is 0 Å². The Bertz CT molecular complexity index is 812. The predicted molar refractivity (Wildman–Crippen MR) is 89.9 cm³/mol. The van der Waals surface area contributed by atoms with Gasteiger partial charge >= 0.3 is 0 Å². The quantitative estimate of drug-likeness (QED) is 0.603. The van der Waals surface area contributed by atoms with Gasteiger partial charge in [-0.25, -0.2) is 4.99 Å². The Morgan fingerprint density at radius 2 is 1.95 bits per heavy atom. The maximum atomic E-state index is 6.12. The molecular formula is C15H10Cl2N2OS. The third-order valence-corrected chi connectivity index (χ3v) is 4.21. The van der Waals surface area contributed by atoms with Gasteiger partial charge in [0.2, 0.25) is 0 Å². The molecule has 1 heterocycles. The second-order valence-electron chi connectivity index (χ2n) is 4.30. The lowest BCUT2D eigenvalue weighted by Gasteiger charge is -1.98. The minimum absolute atomic E-state index is 0.541. The van der Waals surface area contributed by atoms with Crippen molar-refractivity contribution in [2.45, 2.75) is 0 Å². The number of benzene rings is 2. The number of aromatic nitrogens is 1. The molecule has 2 aromatic carbocycles. The van der Waals surface area contributed by atoms with Crippen LogP contribution in [-0.4, -0.2) is 17.7 Å². The lowest BCUT2D eigenvalue weighted by atomic mass is 10.2. The topological polar surface area (TPSA) is 34.5 Å². The maximum absolute atomic E-state index is 6.12. The number of aliphatic imine (C=N–C) groups is 1. The van der Waals surface area contributed by atoms with E-state index in [1.54, 1.807) is 19.4 Å². The summed E-state index contributed by atoms with van der Waals surface area (Å²) in [7, 11) is 1.64. The van der Waals surface area contributed by atoms with E-state index in [1.807, 2.05) is 30.3 Å². The zero-order valence-corrected chi connectivity index (χ0v) is 13.3. The van der Waals surface area contributed by atoms with Crippen LogP contribution in [0.25, 0.3) is 10.9 Å². The van der Waals surface area contributed by atoms with Gasteiger partial charge in [0.25, 0.3) is 0 Å². The number of rotatable bonds is 3. The molecule has 0 radical (unpaired) electrons. The highest BCUT2D eigenvalue weighted by Crippen LogP contribution is 2.36. The van der Waals surface area contributed by atoms with Crippen molar-refractivity contribution >= 4 is 56.9 Å². The van der Waals surface area contributed by atoms with Crippen molar-refractivity contribution < 1.29 is 4.74 Å². The number of hydrogen-bond donors (Lipinski definition) is 0. The number of methoxy groups -OCH3 is 1. The summed E-state index contributed by atoms with van der Waals surface area (Å²) in [5.74, 6) is 0.814. The number of fused-ring (bicyclic) bond motifs is 1. The molecular weight excluding hydrogens is 327 g/mol. The van der Waals surface area contributed by atoms with Crippen molar-refractivity contribution in [3.05, 3.63) is 52.0 Å². The molecule has 0 aliphatic carbocycles. The molecule has 6 heteroatoms. The standard InChI is InChI=1S/C15H10Cl2N2OS/c1-20-11-4-2-9(3-5-11)8-18-15-12-6-10(16)7-13(17)14(12)19-21-15/h2-8H,1H3/b18-8+. The fourth-order valence-corrected chi connectivity index (χ4v) is 3.19. The van der Waals surface area contributed by atoms with E-state index < -0.39 is 0 Å². The van der Waals surface area contributed by atoms with Gasteiger partial charge in [0.15, 0.2) is 0 Å². The Morgan fingerprint density at radius 3 is 2.67 bits per heavy atom. The molecule has 21 heavy (non-hydrogen) atoms. The summed E-state index contributed by atoms with van der Waals surface area (Å²) in [5, 5.41) is 2.76. The number of hydrogen-bond acceptors (Lipinski definition) is 4. The monoisotopic (exact) mass is 336 g/mol. The minimum Gasteiger partial charge on any atom is -0.497 e. The third kappa shape index (κ3) is 3.02.